The van der Waals surface area contributed by atoms with Crippen LogP contribution in [0.15, 0.2) is 24.3 Å². The highest BCUT2D eigenvalue weighted by atomic mass is 32.1. The SMILES string of the molecule is Cc1sc(N)nc1-c1ccc(F)cc1. The number of benzene rings is 1. The van der Waals surface area contributed by atoms with Crippen LogP contribution in [0.5, 0.6) is 0 Å². The molecule has 0 bridgehead atoms. The average molecular weight is 208 g/mol. The van der Waals surface area contributed by atoms with Gasteiger partial charge in [0.25, 0.3) is 0 Å². The van der Waals surface area contributed by atoms with Gasteiger partial charge in [0.05, 0.1) is 5.69 Å². The zero-order valence-electron chi connectivity index (χ0n) is 7.62. The Morgan fingerprint density at radius 2 is 1.93 bits per heavy atom. The van der Waals surface area contributed by atoms with E-state index in [4.69, 9.17) is 5.73 Å². The fraction of sp³-hybridized carbons (Fsp3) is 0.100. The van der Waals surface area contributed by atoms with Gasteiger partial charge in [0.1, 0.15) is 5.82 Å². The van der Waals surface area contributed by atoms with Gasteiger partial charge in [-0.3, -0.25) is 0 Å². The highest BCUT2D eigenvalue weighted by Gasteiger charge is 2.07. The summed E-state index contributed by atoms with van der Waals surface area (Å²) >= 11 is 1.44. The zero-order valence-corrected chi connectivity index (χ0v) is 8.44. The van der Waals surface area contributed by atoms with Crippen LogP contribution in [0.25, 0.3) is 11.3 Å². The molecule has 1 aromatic carbocycles. The third-order valence-electron chi connectivity index (χ3n) is 1.93. The van der Waals surface area contributed by atoms with Crippen LogP contribution in [0.4, 0.5) is 9.52 Å². The molecule has 0 aliphatic rings. The van der Waals surface area contributed by atoms with Crippen molar-refractivity contribution in [1.82, 2.24) is 4.98 Å². The van der Waals surface area contributed by atoms with Gasteiger partial charge < -0.3 is 5.73 Å². The van der Waals surface area contributed by atoms with Crippen molar-refractivity contribution in [2.24, 2.45) is 0 Å². The summed E-state index contributed by atoms with van der Waals surface area (Å²) < 4.78 is 12.7. The average Bonchev–Trinajstić information content (AvgIpc) is 2.47. The summed E-state index contributed by atoms with van der Waals surface area (Å²) in [5.41, 5.74) is 7.32. The van der Waals surface area contributed by atoms with E-state index in [-0.39, 0.29) is 5.82 Å². The second-order valence-electron chi connectivity index (χ2n) is 2.96. The lowest BCUT2D eigenvalue weighted by Gasteiger charge is -1.97. The molecule has 0 aliphatic carbocycles. The van der Waals surface area contributed by atoms with Crippen molar-refractivity contribution in [1.29, 1.82) is 0 Å². The lowest BCUT2D eigenvalue weighted by molar-refractivity contribution is 0.628. The summed E-state index contributed by atoms with van der Waals surface area (Å²) in [5, 5.41) is 0.543. The van der Waals surface area contributed by atoms with Crippen LogP contribution in [-0.4, -0.2) is 4.98 Å². The minimum Gasteiger partial charge on any atom is -0.375 e. The van der Waals surface area contributed by atoms with Gasteiger partial charge in [-0.2, -0.15) is 0 Å². The predicted octanol–water partition coefficient (Wildman–Crippen LogP) is 2.84. The lowest BCUT2D eigenvalue weighted by Crippen LogP contribution is -1.84. The van der Waals surface area contributed by atoms with Crippen LogP contribution in [-0.2, 0) is 0 Å². The number of halogens is 1. The maximum absolute atomic E-state index is 12.7. The van der Waals surface area contributed by atoms with Crippen LogP contribution in [0.1, 0.15) is 4.88 Å². The molecule has 14 heavy (non-hydrogen) atoms. The Kier molecular flexibility index (Phi) is 2.21. The maximum atomic E-state index is 12.7. The third kappa shape index (κ3) is 1.61. The first-order valence-electron chi connectivity index (χ1n) is 4.15. The number of hydrogen-bond acceptors (Lipinski definition) is 3. The number of nitrogen functional groups attached to an aromatic ring is 1. The van der Waals surface area contributed by atoms with Crippen LogP contribution < -0.4 is 5.73 Å². The van der Waals surface area contributed by atoms with E-state index in [1.165, 1.54) is 23.5 Å². The van der Waals surface area contributed by atoms with Gasteiger partial charge >= 0.3 is 0 Å². The van der Waals surface area contributed by atoms with E-state index in [9.17, 15) is 4.39 Å². The smallest absolute Gasteiger partial charge is 0.180 e. The van der Waals surface area contributed by atoms with E-state index in [0.29, 0.717) is 5.13 Å². The van der Waals surface area contributed by atoms with Crippen molar-refractivity contribution < 1.29 is 4.39 Å². The molecule has 2 N–H and O–H groups in total. The van der Waals surface area contributed by atoms with Crippen molar-refractivity contribution in [2.75, 3.05) is 5.73 Å². The van der Waals surface area contributed by atoms with Crippen molar-refractivity contribution in [3.8, 4) is 11.3 Å². The summed E-state index contributed by atoms with van der Waals surface area (Å²) in [5.74, 6) is -0.241. The summed E-state index contributed by atoms with van der Waals surface area (Å²) in [4.78, 5) is 5.23. The fourth-order valence-corrected chi connectivity index (χ4v) is 2.00. The first-order valence-corrected chi connectivity index (χ1v) is 4.97. The van der Waals surface area contributed by atoms with Crippen molar-refractivity contribution in [3.63, 3.8) is 0 Å². The van der Waals surface area contributed by atoms with Crippen molar-refractivity contribution >= 4 is 16.5 Å². The van der Waals surface area contributed by atoms with Gasteiger partial charge in [0.2, 0.25) is 0 Å². The van der Waals surface area contributed by atoms with Gasteiger partial charge in [-0.15, -0.1) is 11.3 Å². The minimum atomic E-state index is -0.241. The number of hydrogen-bond donors (Lipinski definition) is 1. The van der Waals surface area contributed by atoms with Gasteiger partial charge in [-0.1, -0.05) is 0 Å². The van der Waals surface area contributed by atoms with Crippen LogP contribution in [0, 0.1) is 12.7 Å². The summed E-state index contributed by atoms with van der Waals surface area (Å²) in [7, 11) is 0. The Balaban J connectivity index is 2.49. The summed E-state index contributed by atoms with van der Waals surface area (Å²) in [6, 6.07) is 6.25. The first-order chi connectivity index (χ1) is 6.66. The molecule has 0 saturated carbocycles. The molecule has 1 aromatic heterocycles. The van der Waals surface area contributed by atoms with Crippen LogP contribution in [0.3, 0.4) is 0 Å². The quantitative estimate of drug-likeness (QED) is 0.782. The molecule has 72 valence electrons. The van der Waals surface area contributed by atoms with Crippen LogP contribution in [0.2, 0.25) is 0 Å². The Morgan fingerprint density at radius 1 is 1.29 bits per heavy atom. The maximum Gasteiger partial charge on any atom is 0.180 e. The molecule has 2 nitrogen and oxygen atoms in total. The van der Waals surface area contributed by atoms with Gasteiger partial charge in [-0.25, -0.2) is 9.37 Å². The predicted molar refractivity (Wildman–Crippen MR) is 56.7 cm³/mol. The Bertz CT molecular complexity index is 448. The second-order valence-corrected chi connectivity index (χ2v) is 4.20. The molecule has 0 fully saturated rings. The molecule has 0 amide bonds. The van der Waals surface area contributed by atoms with E-state index < -0.39 is 0 Å². The van der Waals surface area contributed by atoms with E-state index in [0.717, 1.165) is 16.1 Å². The summed E-state index contributed by atoms with van der Waals surface area (Å²) in [6.07, 6.45) is 0. The van der Waals surface area contributed by atoms with Crippen molar-refractivity contribution in [3.05, 3.63) is 35.0 Å². The van der Waals surface area contributed by atoms with Gasteiger partial charge in [0, 0.05) is 10.4 Å². The lowest BCUT2D eigenvalue weighted by atomic mass is 10.1. The second kappa shape index (κ2) is 3.38. The molecule has 2 rings (SSSR count). The highest BCUT2D eigenvalue weighted by Crippen LogP contribution is 2.28. The molecule has 0 saturated heterocycles. The molecular formula is C10H9FN2S. The topological polar surface area (TPSA) is 38.9 Å². The molecule has 2 aromatic rings. The molecule has 4 heteroatoms. The van der Waals surface area contributed by atoms with Gasteiger partial charge in [-0.05, 0) is 31.2 Å². The molecule has 0 spiro atoms. The van der Waals surface area contributed by atoms with E-state index in [1.54, 1.807) is 12.1 Å². The number of anilines is 1. The third-order valence-corrected chi connectivity index (χ3v) is 2.73. The Labute approximate surface area is 85.2 Å². The monoisotopic (exact) mass is 208 g/mol. The van der Waals surface area contributed by atoms with E-state index in [1.807, 2.05) is 6.92 Å². The molecule has 0 unspecified atom stereocenters. The highest BCUT2D eigenvalue weighted by molar-refractivity contribution is 7.15. The standard InChI is InChI=1S/C10H9FN2S/c1-6-9(13-10(12)14-6)7-2-4-8(11)5-3-7/h2-5H,1H3,(H2,12,13). The Morgan fingerprint density at radius 3 is 2.43 bits per heavy atom. The molecule has 0 atom stereocenters. The molecule has 0 aliphatic heterocycles. The largest absolute Gasteiger partial charge is 0.375 e. The number of aryl methyl sites for hydroxylation is 1. The normalized spacial score (nSPS) is 10.4. The number of rotatable bonds is 1. The number of thiazole rings is 1. The number of aromatic nitrogens is 1. The molecule has 1 heterocycles. The number of nitrogens with two attached hydrogens (primary N) is 1. The minimum absolute atomic E-state index is 0.241. The van der Waals surface area contributed by atoms with E-state index in [2.05, 4.69) is 4.98 Å². The van der Waals surface area contributed by atoms with Crippen molar-refractivity contribution in [2.45, 2.75) is 6.92 Å². The van der Waals surface area contributed by atoms with E-state index >= 15 is 0 Å². The summed E-state index contributed by atoms with van der Waals surface area (Å²) in [6.45, 7) is 1.95. The fourth-order valence-electron chi connectivity index (χ4n) is 1.29. The molecular weight excluding hydrogens is 199 g/mol. The Hall–Kier alpha value is -1.42. The number of nitrogens with zero attached hydrogens (tertiary/aromatic N) is 1. The van der Waals surface area contributed by atoms with Crippen LogP contribution >= 0.6 is 11.3 Å². The van der Waals surface area contributed by atoms with Gasteiger partial charge in [0.15, 0.2) is 5.13 Å². The first kappa shape index (κ1) is 9.15. The zero-order chi connectivity index (χ0) is 10.1. The molecule has 0 radical (unpaired) electrons.